The van der Waals surface area contributed by atoms with E-state index in [4.69, 9.17) is 12.2 Å². The molecule has 1 aromatic carbocycles. The van der Waals surface area contributed by atoms with E-state index in [9.17, 15) is 9.18 Å². The summed E-state index contributed by atoms with van der Waals surface area (Å²) in [6, 6.07) is 4.63. The van der Waals surface area contributed by atoms with Crippen LogP contribution in [0.15, 0.2) is 46.4 Å². The number of aromatic nitrogens is 3. The van der Waals surface area contributed by atoms with Gasteiger partial charge < -0.3 is 4.57 Å². The van der Waals surface area contributed by atoms with Crippen molar-refractivity contribution < 1.29 is 4.39 Å². The molecule has 23 heavy (non-hydrogen) atoms. The summed E-state index contributed by atoms with van der Waals surface area (Å²) < 4.78 is 18.8. The summed E-state index contributed by atoms with van der Waals surface area (Å²) in [6.07, 6.45) is 3.12. The van der Waals surface area contributed by atoms with Gasteiger partial charge >= 0.3 is 0 Å². The zero-order valence-electron chi connectivity index (χ0n) is 11.8. The molecule has 4 nitrogen and oxygen atoms in total. The SMILES string of the molecule is C=CCn1c(=S)sc2c(=O)n(Cc3cc(Br)ccc3F)cnc21. The molecule has 0 bridgehead atoms. The predicted molar refractivity (Wildman–Crippen MR) is 96.1 cm³/mol. The Hall–Kier alpha value is -1.64. The number of benzene rings is 1. The van der Waals surface area contributed by atoms with Crippen LogP contribution in [0.25, 0.3) is 10.3 Å². The lowest BCUT2D eigenvalue weighted by molar-refractivity contribution is 0.594. The molecule has 2 aromatic heterocycles. The molecule has 0 unspecified atom stereocenters. The Bertz CT molecular complexity index is 1020. The average Bonchev–Trinajstić information content (AvgIpc) is 2.83. The van der Waals surface area contributed by atoms with Crippen molar-refractivity contribution in [3.05, 3.63) is 67.3 Å². The molecule has 0 radical (unpaired) electrons. The molecule has 0 saturated carbocycles. The lowest BCUT2D eigenvalue weighted by Crippen LogP contribution is -2.21. The zero-order valence-corrected chi connectivity index (χ0v) is 15.0. The van der Waals surface area contributed by atoms with Crippen LogP contribution in [0.1, 0.15) is 5.56 Å². The van der Waals surface area contributed by atoms with Crippen LogP contribution in [0.3, 0.4) is 0 Å². The van der Waals surface area contributed by atoms with Crippen LogP contribution < -0.4 is 5.56 Å². The second kappa shape index (κ2) is 6.46. The Labute approximate surface area is 148 Å². The third-order valence-corrected chi connectivity index (χ3v) is 5.22. The summed E-state index contributed by atoms with van der Waals surface area (Å²) in [7, 11) is 0. The van der Waals surface area contributed by atoms with E-state index < -0.39 is 0 Å². The number of allylic oxidation sites excluding steroid dienone is 1. The number of nitrogens with zero attached hydrogens (tertiary/aromatic N) is 3. The fraction of sp³-hybridized carbons (Fsp3) is 0.133. The highest BCUT2D eigenvalue weighted by Crippen LogP contribution is 2.19. The van der Waals surface area contributed by atoms with E-state index in [0.29, 0.717) is 26.4 Å². The Morgan fingerprint density at radius 2 is 2.26 bits per heavy atom. The van der Waals surface area contributed by atoms with Crippen LogP contribution in [0.4, 0.5) is 4.39 Å². The van der Waals surface area contributed by atoms with Gasteiger partial charge in [-0.1, -0.05) is 33.3 Å². The van der Waals surface area contributed by atoms with Gasteiger partial charge in [0.15, 0.2) is 9.60 Å². The van der Waals surface area contributed by atoms with E-state index in [1.807, 2.05) is 0 Å². The molecule has 0 atom stereocenters. The van der Waals surface area contributed by atoms with E-state index in [1.165, 1.54) is 28.3 Å². The molecule has 0 spiro atoms. The first-order valence-corrected chi connectivity index (χ1v) is 8.66. The van der Waals surface area contributed by atoms with Gasteiger partial charge in [0.05, 0.1) is 6.54 Å². The minimum Gasteiger partial charge on any atom is -0.304 e. The number of halogens is 2. The lowest BCUT2D eigenvalue weighted by atomic mass is 10.2. The second-order valence-electron chi connectivity index (χ2n) is 4.83. The quantitative estimate of drug-likeness (QED) is 0.478. The zero-order chi connectivity index (χ0) is 16.6. The van der Waals surface area contributed by atoms with Crippen molar-refractivity contribution in [3.8, 4) is 0 Å². The van der Waals surface area contributed by atoms with Crippen molar-refractivity contribution in [1.82, 2.24) is 14.1 Å². The molecule has 0 aliphatic carbocycles. The van der Waals surface area contributed by atoms with Gasteiger partial charge in [-0.15, -0.1) is 6.58 Å². The molecule has 0 aliphatic rings. The summed E-state index contributed by atoms with van der Waals surface area (Å²) in [5.41, 5.74) is 0.723. The Morgan fingerprint density at radius 3 is 3.00 bits per heavy atom. The molecule has 0 N–H and O–H groups in total. The molecule has 8 heteroatoms. The van der Waals surface area contributed by atoms with Gasteiger partial charge in [0, 0.05) is 16.6 Å². The van der Waals surface area contributed by atoms with Gasteiger partial charge in [0.2, 0.25) is 0 Å². The van der Waals surface area contributed by atoms with Crippen LogP contribution >= 0.6 is 39.5 Å². The van der Waals surface area contributed by atoms with Gasteiger partial charge in [0.1, 0.15) is 16.8 Å². The largest absolute Gasteiger partial charge is 0.304 e. The molecule has 118 valence electrons. The van der Waals surface area contributed by atoms with Gasteiger partial charge in [-0.05, 0) is 30.4 Å². The maximum atomic E-state index is 13.9. The van der Waals surface area contributed by atoms with Gasteiger partial charge in [-0.2, -0.15) is 0 Å². The average molecular weight is 412 g/mol. The lowest BCUT2D eigenvalue weighted by Gasteiger charge is -2.07. The normalized spacial score (nSPS) is 11.0. The van der Waals surface area contributed by atoms with Crippen molar-refractivity contribution >= 4 is 49.8 Å². The van der Waals surface area contributed by atoms with Crippen LogP contribution in [-0.4, -0.2) is 14.1 Å². The number of rotatable bonds is 4. The summed E-state index contributed by atoms with van der Waals surface area (Å²) in [5, 5.41) is 0. The molecule has 0 fully saturated rings. The third kappa shape index (κ3) is 3.06. The van der Waals surface area contributed by atoms with E-state index in [-0.39, 0.29) is 17.9 Å². The summed E-state index contributed by atoms with van der Waals surface area (Å²) in [6.45, 7) is 4.28. The molecule has 0 saturated heterocycles. The third-order valence-electron chi connectivity index (χ3n) is 3.30. The van der Waals surface area contributed by atoms with Gasteiger partial charge in [-0.25, -0.2) is 9.37 Å². The summed E-state index contributed by atoms with van der Waals surface area (Å²) in [4.78, 5) is 16.9. The van der Waals surface area contributed by atoms with Gasteiger partial charge in [-0.3, -0.25) is 9.36 Å². The standard InChI is InChI=1S/C15H11BrFN3OS2/c1-2-5-20-13-12(23-15(20)22)14(21)19(8-18-13)7-9-6-10(16)3-4-11(9)17/h2-4,6,8H,1,5,7H2. The van der Waals surface area contributed by atoms with Crippen LogP contribution in [-0.2, 0) is 13.1 Å². The van der Waals surface area contributed by atoms with E-state index in [0.717, 1.165) is 4.47 Å². The van der Waals surface area contributed by atoms with Crippen molar-refractivity contribution in [1.29, 1.82) is 0 Å². The van der Waals surface area contributed by atoms with Gasteiger partial charge in [0.25, 0.3) is 5.56 Å². The van der Waals surface area contributed by atoms with Crippen molar-refractivity contribution in [2.75, 3.05) is 0 Å². The minimum absolute atomic E-state index is 0.110. The fourth-order valence-corrected chi connectivity index (χ4v) is 3.95. The first kappa shape index (κ1) is 16.2. The maximum Gasteiger partial charge on any atom is 0.273 e. The smallest absolute Gasteiger partial charge is 0.273 e. The highest BCUT2D eigenvalue weighted by Gasteiger charge is 2.13. The molecule has 3 rings (SSSR count). The minimum atomic E-state index is -0.364. The van der Waals surface area contributed by atoms with E-state index >= 15 is 0 Å². The first-order chi connectivity index (χ1) is 11.0. The molecule has 0 aliphatic heterocycles. The fourth-order valence-electron chi connectivity index (χ4n) is 2.22. The Morgan fingerprint density at radius 1 is 1.48 bits per heavy atom. The molecular formula is C15H11BrFN3OS2. The number of fused-ring (bicyclic) bond motifs is 1. The topological polar surface area (TPSA) is 39.8 Å². The van der Waals surface area contributed by atoms with E-state index in [2.05, 4.69) is 27.5 Å². The maximum absolute atomic E-state index is 13.9. The molecule has 2 heterocycles. The first-order valence-electron chi connectivity index (χ1n) is 6.65. The number of hydrogen-bond acceptors (Lipinski definition) is 4. The van der Waals surface area contributed by atoms with Crippen LogP contribution in [0.5, 0.6) is 0 Å². The highest BCUT2D eigenvalue weighted by atomic mass is 79.9. The number of thiazole rings is 1. The molecular weight excluding hydrogens is 401 g/mol. The van der Waals surface area contributed by atoms with Crippen LogP contribution in [0, 0.1) is 9.77 Å². The van der Waals surface area contributed by atoms with Crippen LogP contribution in [0.2, 0.25) is 0 Å². The van der Waals surface area contributed by atoms with E-state index in [1.54, 1.807) is 22.8 Å². The van der Waals surface area contributed by atoms with Crippen molar-refractivity contribution in [3.63, 3.8) is 0 Å². The monoisotopic (exact) mass is 411 g/mol. The summed E-state index contributed by atoms with van der Waals surface area (Å²) in [5.74, 6) is -0.364. The molecule has 3 aromatic rings. The predicted octanol–water partition coefficient (Wildman–Crippen LogP) is 4.12. The Kier molecular flexibility index (Phi) is 4.56. The Balaban J connectivity index is 2.11. The highest BCUT2D eigenvalue weighted by molar-refractivity contribution is 9.10. The summed E-state index contributed by atoms with van der Waals surface area (Å²) >= 11 is 9.78. The van der Waals surface area contributed by atoms with Crippen molar-refractivity contribution in [2.24, 2.45) is 0 Å². The van der Waals surface area contributed by atoms with Crippen molar-refractivity contribution in [2.45, 2.75) is 13.1 Å². The second-order valence-corrected chi connectivity index (χ2v) is 7.39. The molecule has 0 amide bonds. The number of hydrogen-bond donors (Lipinski definition) is 0.